The molecule has 1 heterocycles. The molecule has 2 rings (SSSR count). The first-order valence-corrected chi connectivity index (χ1v) is 5.17. The average Bonchev–Trinajstić information content (AvgIpc) is 2.42. The van der Waals surface area contributed by atoms with Gasteiger partial charge in [0, 0.05) is 0 Å². The Kier molecular flexibility index (Phi) is 2.33. The van der Waals surface area contributed by atoms with E-state index < -0.39 is 5.97 Å². The van der Waals surface area contributed by atoms with Crippen LogP contribution in [0.5, 0.6) is 0 Å². The van der Waals surface area contributed by atoms with Crippen molar-refractivity contribution in [3.05, 3.63) is 29.3 Å². The van der Waals surface area contributed by atoms with E-state index in [1.807, 2.05) is 18.2 Å². The maximum absolute atomic E-state index is 10.6. The van der Waals surface area contributed by atoms with Gasteiger partial charge in [0.25, 0.3) is 0 Å². The lowest BCUT2D eigenvalue weighted by Crippen LogP contribution is -2.16. The Labute approximate surface area is 90.6 Å². The summed E-state index contributed by atoms with van der Waals surface area (Å²) in [4.78, 5) is 10.6. The molecule has 0 atom stereocenters. The second-order valence-corrected chi connectivity index (χ2v) is 4.78. The first-order valence-electron chi connectivity index (χ1n) is 5.17. The van der Waals surface area contributed by atoms with E-state index in [1.54, 1.807) is 0 Å². The molecule has 0 spiro atoms. The number of benzene rings is 1. The highest BCUT2D eigenvalue weighted by atomic mass is 16.4. The lowest BCUT2D eigenvalue weighted by Gasteiger charge is -2.20. The summed E-state index contributed by atoms with van der Waals surface area (Å²) in [5.74, 6) is -0.769. The molecule has 0 unspecified atom stereocenters. The number of fused-ring (bicyclic) bond motifs is 1. The van der Waals surface area contributed by atoms with Gasteiger partial charge in [-0.15, -0.1) is 0 Å². The minimum absolute atomic E-state index is 0.114. The molecule has 3 heteroatoms. The van der Waals surface area contributed by atoms with Gasteiger partial charge in [-0.1, -0.05) is 43.8 Å². The molecule has 1 aliphatic heterocycles. The standard InChI is InChI=1S/C12H14BO2/c1-12(2)7-13-10-4-3-8(5-9(10)12)6-11(14)15/h3-5H,6-7H2,1-2H3,(H,14,15). The van der Waals surface area contributed by atoms with Crippen molar-refractivity contribution in [3.63, 3.8) is 0 Å². The third kappa shape index (κ3) is 1.92. The Morgan fingerprint density at radius 3 is 2.93 bits per heavy atom. The van der Waals surface area contributed by atoms with Crippen LogP contribution in [0, 0.1) is 0 Å². The number of carboxylic acid groups (broad SMARTS) is 1. The first-order chi connectivity index (χ1) is 6.99. The molecule has 0 saturated carbocycles. The molecule has 0 bridgehead atoms. The van der Waals surface area contributed by atoms with Gasteiger partial charge >= 0.3 is 5.97 Å². The Morgan fingerprint density at radius 1 is 1.53 bits per heavy atom. The summed E-state index contributed by atoms with van der Waals surface area (Å²) >= 11 is 0. The lowest BCUT2D eigenvalue weighted by molar-refractivity contribution is -0.136. The monoisotopic (exact) mass is 201 g/mol. The molecular weight excluding hydrogens is 187 g/mol. The Bertz CT molecular complexity index is 410. The van der Waals surface area contributed by atoms with Gasteiger partial charge < -0.3 is 5.11 Å². The molecule has 1 N–H and O–H groups in total. The summed E-state index contributed by atoms with van der Waals surface area (Å²) in [6.07, 6.45) is 1.15. The third-order valence-corrected chi connectivity index (χ3v) is 3.03. The Hall–Kier alpha value is -1.25. The largest absolute Gasteiger partial charge is 0.481 e. The van der Waals surface area contributed by atoms with Crippen LogP contribution in [0.1, 0.15) is 25.0 Å². The molecule has 0 saturated heterocycles. The van der Waals surface area contributed by atoms with E-state index in [0.717, 1.165) is 11.9 Å². The molecule has 0 aromatic heterocycles. The zero-order chi connectivity index (χ0) is 11.1. The normalized spacial score (nSPS) is 16.9. The van der Waals surface area contributed by atoms with E-state index in [1.165, 1.54) is 11.0 Å². The highest BCUT2D eigenvalue weighted by molar-refractivity contribution is 6.56. The van der Waals surface area contributed by atoms with E-state index in [2.05, 4.69) is 21.1 Å². The van der Waals surface area contributed by atoms with Crippen molar-refractivity contribution in [1.29, 1.82) is 0 Å². The van der Waals surface area contributed by atoms with Crippen LogP contribution < -0.4 is 5.46 Å². The van der Waals surface area contributed by atoms with Crippen LogP contribution in [0.3, 0.4) is 0 Å². The number of hydrogen-bond donors (Lipinski definition) is 1. The Balaban J connectivity index is 2.37. The summed E-state index contributed by atoms with van der Waals surface area (Å²) in [6, 6.07) is 5.97. The van der Waals surface area contributed by atoms with Crippen LogP contribution in [-0.2, 0) is 16.6 Å². The highest BCUT2D eigenvalue weighted by Crippen LogP contribution is 2.31. The van der Waals surface area contributed by atoms with Crippen molar-refractivity contribution in [3.8, 4) is 0 Å². The van der Waals surface area contributed by atoms with Gasteiger partial charge in [0.1, 0.15) is 0 Å². The van der Waals surface area contributed by atoms with Gasteiger partial charge in [-0.2, -0.15) is 0 Å². The smallest absolute Gasteiger partial charge is 0.307 e. The molecule has 15 heavy (non-hydrogen) atoms. The van der Waals surface area contributed by atoms with Gasteiger partial charge in [0.15, 0.2) is 7.28 Å². The third-order valence-electron chi connectivity index (χ3n) is 3.03. The maximum atomic E-state index is 10.6. The van der Waals surface area contributed by atoms with Gasteiger partial charge in [0.05, 0.1) is 6.42 Å². The summed E-state index contributed by atoms with van der Waals surface area (Å²) in [5, 5.41) is 8.74. The lowest BCUT2D eigenvalue weighted by atomic mass is 9.69. The second-order valence-electron chi connectivity index (χ2n) is 4.78. The summed E-state index contributed by atoms with van der Waals surface area (Å²) in [6.45, 7) is 4.39. The first kappa shape index (κ1) is 10.3. The number of hydrogen-bond acceptors (Lipinski definition) is 1. The van der Waals surface area contributed by atoms with Gasteiger partial charge in [-0.25, -0.2) is 0 Å². The SMILES string of the molecule is CC1(C)C[B]c2ccc(CC(=O)O)cc21. The zero-order valence-corrected chi connectivity index (χ0v) is 9.08. The van der Waals surface area contributed by atoms with Crippen molar-refractivity contribution in [2.24, 2.45) is 0 Å². The fourth-order valence-electron chi connectivity index (χ4n) is 2.13. The number of rotatable bonds is 2. The van der Waals surface area contributed by atoms with Crippen LogP contribution in [0.2, 0.25) is 6.32 Å². The molecular formula is C12H14BO2. The van der Waals surface area contributed by atoms with Crippen molar-refractivity contribution in [1.82, 2.24) is 0 Å². The van der Waals surface area contributed by atoms with E-state index in [4.69, 9.17) is 5.11 Å². The molecule has 0 fully saturated rings. The van der Waals surface area contributed by atoms with Crippen LogP contribution >= 0.6 is 0 Å². The number of carbonyl (C=O) groups is 1. The number of carboxylic acids is 1. The van der Waals surface area contributed by atoms with Crippen molar-refractivity contribution >= 4 is 18.7 Å². The average molecular weight is 201 g/mol. The fourth-order valence-corrected chi connectivity index (χ4v) is 2.13. The van der Waals surface area contributed by atoms with Crippen molar-refractivity contribution in [2.45, 2.75) is 32.0 Å². The molecule has 77 valence electrons. The summed E-state index contributed by atoms with van der Waals surface area (Å²) < 4.78 is 0. The number of aliphatic carboxylic acids is 1. The fraction of sp³-hybridized carbons (Fsp3) is 0.417. The molecule has 1 aromatic rings. The van der Waals surface area contributed by atoms with Crippen molar-refractivity contribution < 1.29 is 9.90 Å². The van der Waals surface area contributed by atoms with E-state index in [-0.39, 0.29) is 11.8 Å². The predicted octanol–water partition coefficient (Wildman–Crippen LogP) is 1.35. The maximum Gasteiger partial charge on any atom is 0.307 e. The molecule has 1 aromatic carbocycles. The molecule has 0 aliphatic carbocycles. The van der Waals surface area contributed by atoms with Gasteiger partial charge in [-0.3, -0.25) is 4.79 Å². The topological polar surface area (TPSA) is 37.3 Å². The van der Waals surface area contributed by atoms with Gasteiger partial charge in [-0.05, 0) is 16.5 Å². The van der Waals surface area contributed by atoms with Crippen LogP contribution in [0.4, 0.5) is 0 Å². The van der Waals surface area contributed by atoms with Crippen LogP contribution in [0.15, 0.2) is 18.2 Å². The molecule has 1 radical (unpaired) electrons. The Morgan fingerprint density at radius 2 is 2.27 bits per heavy atom. The van der Waals surface area contributed by atoms with Crippen molar-refractivity contribution in [2.75, 3.05) is 0 Å². The van der Waals surface area contributed by atoms with E-state index >= 15 is 0 Å². The minimum atomic E-state index is -0.769. The summed E-state index contributed by atoms with van der Waals surface area (Å²) in [5.41, 5.74) is 3.59. The second kappa shape index (κ2) is 3.40. The highest BCUT2D eigenvalue weighted by Gasteiger charge is 2.30. The zero-order valence-electron chi connectivity index (χ0n) is 9.08. The molecule has 0 amide bonds. The van der Waals surface area contributed by atoms with Crippen LogP contribution in [-0.4, -0.2) is 18.4 Å². The van der Waals surface area contributed by atoms with E-state index in [9.17, 15) is 4.79 Å². The van der Waals surface area contributed by atoms with E-state index in [0.29, 0.717) is 0 Å². The molecule has 1 aliphatic rings. The summed E-state index contributed by atoms with van der Waals surface area (Å²) in [7, 11) is 2.22. The quantitative estimate of drug-likeness (QED) is 0.733. The molecule has 2 nitrogen and oxygen atoms in total. The predicted molar refractivity (Wildman–Crippen MR) is 61.0 cm³/mol. The van der Waals surface area contributed by atoms with Crippen LogP contribution in [0.25, 0.3) is 0 Å². The van der Waals surface area contributed by atoms with Gasteiger partial charge in [0.2, 0.25) is 0 Å². The minimum Gasteiger partial charge on any atom is -0.481 e.